The van der Waals surface area contributed by atoms with Crippen molar-refractivity contribution >= 4 is 5.52 Å². The molecule has 0 N–H and O–H groups in total. The first-order valence-electron chi connectivity index (χ1n) is 6.31. The van der Waals surface area contributed by atoms with Crippen LogP contribution in [0.4, 0.5) is 0 Å². The number of aromatic nitrogens is 2. The van der Waals surface area contributed by atoms with E-state index in [0.29, 0.717) is 5.92 Å². The quantitative estimate of drug-likeness (QED) is 0.723. The third-order valence-electron chi connectivity index (χ3n) is 3.97. The summed E-state index contributed by atoms with van der Waals surface area (Å²) in [5.74, 6) is 0.530. The number of fused-ring (bicyclic) bond motifs is 1. The van der Waals surface area contributed by atoms with E-state index in [0.717, 1.165) is 5.69 Å². The lowest BCUT2D eigenvalue weighted by Crippen LogP contribution is -2.06. The van der Waals surface area contributed by atoms with Crippen molar-refractivity contribution in [1.29, 1.82) is 0 Å². The van der Waals surface area contributed by atoms with Crippen LogP contribution in [-0.4, -0.2) is 9.61 Å². The van der Waals surface area contributed by atoms with Crippen LogP contribution in [0, 0.1) is 34.6 Å². The van der Waals surface area contributed by atoms with Gasteiger partial charge in [-0.2, -0.15) is 5.10 Å². The molecule has 2 aromatic rings. The minimum atomic E-state index is 0.530. The molecule has 2 nitrogen and oxygen atoms in total. The second-order valence-electron chi connectivity index (χ2n) is 5.37. The fourth-order valence-corrected chi connectivity index (χ4v) is 2.95. The summed E-state index contributed by atoms with van der Waals surface area (Å²) in [6.45, 7) is 15.4. The van der Waals surface area contributed by atoms with E-state index in [1.54, 1.807) is 0 Å². The normalized spacial score (nSPS) is 11.8. The van der Waals surface area contributed by atoms with Gasteiger partial charge in [-0.15, -0.1) is 0 Å². The molecule has 0 amide bonds. The standard InChI is InChI=1S/C15H22N2/c1-8(2)14-11(5)15-10(4)9(3)13(7)17(15)16-12(14)6/h8H,1-7H3. The van der Waals surface area contributed by atoms with E-state index in [1.165, 1.54) is 33.5 Å². The average molecular weight is 230 g/mol. The first-order chi connectivity index (χ1) is 7.86. The maximum absolute atomic E-state index is 4.76. The van der Waals surface area contributed by atoms with Crippen LogP contribution in [0.2, 0.25) is 0 Å². The van der Waals surface area contributed by atoms with Crippen molar-refractivity contribution in [2.45, 2.75) is 54.4 Å². The van der Waals surface area contributed by atoms with Crippen LogP contribution in [0.3, 0.4) is 0 Å². The van der Waals surface area contributed by atoms with Crippen LogP contribution < -0.4 is 0 Å². The zero-order valence-electron chi connectivity index (χ0n) is 12.0. The van der Waals surface area contributed by atoms with Crippen LogP contribution in [0.5, 0.6) is 0 Å². The third-order valence-corrected chi connectivity index (χ3v) is 3.97. The highest BCUT2D eigenvalue weighted by molar-refractivity contribution is 5.67. The molecule has 0 aliphatic carbocycles. The first kappa shape index (κ1) is 12.2. The third kappa shape index (κ3) is 1.58. The number of rotatable bonds is 1. The lowest BCUT2D eigenvalue weighted by molar-refractivity contribution is 0.784. The molecular weight excluding hydrogens is 208 g/mol. The van der Waals surface area contributed by atoms with Gasteiger partial charge in [0, 0.05) is 5.69 Å². The lowest BCUT2D eigenvalue weighted by Gasteiger charge is -2.15. The highest BCUT2D eigenvalue weighted by Gasteiger charge is 2.17. The molecule has 0 unspecified atom stereocenters. The number of hydrogen-bond donors (Lipinski definition) is 0. The van der Waals surface area contributed by atoms with Gasteiger partial charge in [0.1, 0.15) is 0 Å². The summed E-state index contributed by atoms with van der Waals surface area (Å²) in [5, 5.41) is 4.76. The van der Waals surface area contributed by atoms with E-state index in [9.17, 15) is 0 Å². The molecule has 2 heterocycles. The van der Waals surface area contributed by atoms with E-state index in [4.69, 9.17) is 5.10 Å². The van der Waals surface area contributed by atoms with Crippen molar-refractivity contribution in [3.05, 3.63) is 33.6 Å². The molecule has 2 aromatic heterocycles. The summed E-state index contributed by atoms with van der Waals surface area (Å²) >= 11 is 0. The molecule has 92 valence electrons. The summed E-state index contributed by atoms with van der Waals surface area (Å²) < 4.78 is 2.11. The van der Waals surface area contributed by atoms with Crippen molar-refractivity contribution in [3.63, 3.8) is 0 Å². The van der Waals surface area contributed by atoms with Gasteiger partial charge >= 0.3 is 0 Å². The van der Waals surface area contributed by atoms with Crippen LogP contribution >= 0.6 is 0 Å². The van der Waals surface area contributed by atoms with Gasteiger partial charge < -0.3 is 0 Å². The minimum absolute atomic E-state index is 0.530. The monoisotopic (exact) mass is 230 g/mol. The summed E-state index contributed by atoms with van der Waals surface area (Å²) in [6.07, 6.45) is 0. The van der Waals surface area contributed by atoms with Crippen molar-refractivity contribution in [2.24, 2.45) is 0 Å². The molecule has 0 bridgehead atoms. The van der Waals surface area contributed by atoms with Gasteiger partial charge in [0.2, 0.25) is 0 Å². The summed E-state index contributed by atoms with van der Waals surface area (Å²) in [7, 11) is 0. The zero-order valence-corrected chi connectivity index (χ0v) is 12.0. The molecule has 0 aliphatic heterocycles. The molecule has 0 radical (unpaired) electrons. The number of hydrogen-bond acceptors (Lipinski definition) is 1. The zero-order chi connectivity index (χ0) is 12.9. The summed E-state index contributed by atoms with van der Waals surface area (Å²) in [5.41, 5.74) is 9.24. The molecule has 0 spiro atoms. The minimum Gasteiger partial charge on any atom is -0.237 e. The fraction of sp³-hybridized carbons (Fsp3) is 0.533. The molecule has 2 rings (SSSR count). The van der Waals surface area contributed by atoms with E-state index in [1.807, 2.05) is 0 Å². The van der Waals surface area contributed by atoms with Crippen molar-refractivity contribution in [3.8, 4) is 0 Å². The van der Waals surface area contributed by atoms with Gasteiger partial charge in [0.05, 0.1) is 11.2 Å². The Morgan fingerprint density at radius 2 is 1.47 bits per heavy atom. The predicted octanol–water partition coefficient (Wildman–Crippen LogP) is 4.00. The molecule has 0 saturated heterocycles. The average Bonchev–Trinajstić information content (AvgIpc) is 2.43. The first-order valence-corrected chi connectivity index (χ1v) is 6.31. The second-order valence-corrected chi connectivity index (χ2v) is 5.37. The van der Waals surface area contributed by atoms with Gasteiger partial charge in [-0.25, -0.2) is 4.52 Å². The summed E-state index contributed by atoms with van der Waals surface area (Å²) in [4.78, 5) is 0. The molecular formula is C15H22N2. The Labute approximate surface area is 104 Å². The van der Waals surface area contributed by atoms with Gasteiger partial charge in [-0.05, 0) is 62.8 Å². The Balaban J connectivity index is 2.98. The number of aryl methyl sites for hydroxylation is 4. The van der Waals surface area contributed by atoms with Crippen LogP contribution in [0.1, 0.15) is 53.4 Å². The second kappa shape index (κ2) is 3.86. The van der Waals surface area contributed by atoms with E-state index in [-0.39, 0.29) is 0 Å². The van der Waals surface area contributed by atoms with Gasteiger partial charge in [-0.1, -0.05) is 13.8 Å². The Hall–Kier alpha value is -1.31. The Bertz CT molecular complexity index is 589. The molecule has 2 heteroatoms. The van der Waals surface area contributed by atoms with Crippen molar-refractivity contribution in [1.82, 2.24) is 9.61 Å². The Morgan fingerprint density at radius 3 is 2.00 bits per heavy atom. The van der Waals surface area contributed by atoms with Crippen molar-refractivity contribution < 1.29 is 0 Å². The topological polar surface area (TPSA) is 17.3 Å². The Kier molecular flexibility index (Phi) is 2.76. The maximum Gasteiger partial charge on any atom is 0.0713 e. The predicted molar refractivity (Wildman–Crippen MR) is 73.0 cm³/mol. The van der Waals surface area contributed by atoms with E-state index in [2.05, 4.69) is 53.0 Å². The van der Waals surface area contributed by atoms with Gasteiger partial charge in [0.15, 0.2) is 0 Å². The smallest absolute Gasteiger partial charge is 0.0713 e. The van der Waals surface area contributed by atoms with Crippen molar-refractivity contribution in [2.75, 3.05) is 0 Å². The molecule has 0 fully saturated rings. The number of nitrogens with zero attached hydrogens (tertiary/aromatic N) is 2. The Morgan fingerprint density at radius 1 is 0.882 bits per heavy atom. The highest BCUT2D eigenvalue weighted by atomic mass is 15.2. The largest absolute Gasteiger partial charge is 0.237 e. The van der Waals surface area contributed by atoms with Crippen LogP contribution in [0.25, 0.3) is 5.52 Å². The van der Waals surface area contributed by atoms with E-state index < -0.39 is 0 Å². The lowest BCUT2D eigenvalue weighted by atomic mass is 9.96. The maximum atomic E-state index is 4.76. The molecule has 0 aliphatic rings. The molecule has 0 aromatic carbocycles. The van der Waals surface area contributed by atoms with Crippen LogP contribution in [0.15, 0.2) is 0 Å². The van der Waals surface area contributed by atoms with Gasteiger partial charge in [0.25, 0.3) is 0 Å². The molecule has 0 atom stereocenters. The molecule has 0 saturated carbocycles. The fourth-order valence-electron chi connectivity index (χ4n) is 2.95. The SMILES string of the molecule is Cc1nn2c(C)c(C)c(C)c2c(C)c1C(C)C. The van der Waals surface area contributed by atoms with E-state index >= 15 is 0 Å². The van der Waals surface area contributed by atoms with Gasteiger partial charge in [-0.3, -0.25) is 0 Å². The molecule has 17 heavy (non-hydrogen) atoms. The van der Waals surface area contributed by atoms with Crippen LogP contribution in [-0.2, 0) is 0 Å². The summed E-state index contributed by atoms with van der Waals surface area (Å²) in [6, 6.07) is 0. The highest BCUT2D eigenvalue weighted by Crippen LogP contribution is 2.30.